The maximum absolute atomic E-state index is 11.4. The Bertz CT molecular complexity index is 293. The molecular formula is C10H14N2OS. The molecule has 0 unspecified atom stereocenters. The summed E-state index contributed by atoms with van der Waals surface area (Å²) in [5.74, 6) is 0.722. The average molecular weight is 210 g/mol. The molecule has 0 atom stereocenters. The van der Waals surface area contributed by atoms with E-state index in [2.05, 4.69) is 16.0 Å². The van der Waals surface area contributed by atoms with E-state index in [1.54, 1.807) is 11.3 Å². The van der Waals surface area contributed by atoms with Gasteiger partial charge in [0.1, 0.15) is 0 Å². The third-order valence-corrected chi connectivity index (χ3v) is 3.14. The van der Waals surface area contributed by atoms with Crippen molar-refractivity contribution >= 4 is 17.2 Å². The molecule has 2 rings (SSSR count). The Morgan fingerprint density at radius 2 is 2.50 bits per heavy atom. The molecule has 1 aromatic rings. The van der Waals surface area contributed by atoms with Crippen molar-refractivity contribution in [3.63, 3.8) is 0 Å². The van der Waals surface area contributed by atoms with Crippen LogP contribution in [0.5, 0.6) is 0 Å². The Morgan fingerprint density at radius 3 is 3.07 bits per heavy atom. The van der Waals surface area contributed by atoms with E-state index in [1.165, 1.54) is 5.56 Å². The molecule has 76 valence electrons. The van der Waals surface area contributed by atoms with Gasteiger partial charge in [0.15, 0.2) is 0 Å². The van der Waals surface area contributed by atoms with Gasteiger partial charge in [-0.05, 0) is 41.4 Å². The zero-order valence-corrected chi connectivity index (χ0v) is 8.77. The van der Waals surface area contributed by atoms with Crippen LogP contribution in [-0.4, -0.2) is 19.0 Å². The van der Waals surface area contributed by atoms with Crippen LogP contribution in [0.25, 0.3) is 0 Å². The van der Waals surface area contributed by atoms with Gasteiger partial charge in [-0.1, -0.05) is 0 Å². The number of hydrogen-bond donors (Lipinski definition) is 2. The van der Waals surface area contributed by atoms with Crippen molar-refractivity contribution in [1.29, 1.82) is 0 Å². The molecule has 4 heteroatoms. The fourth-order valence-electron chi connectivity index (χ4n) is 1.42. The van der Waals surface area contributed by atoms with E-state index in [-0.39, 0.29) is 5.91 Å². The fraction of sp³-hybridized carbons (Fsp3) is 0.500. The third-order valence-electron chi connectivity index (χ3n) is 2.41. The number of amides is 1. The summed E-state index contributed by atoms with van der Waals surface area (Å²) < 4.78 is 0. The van der Waals surface area contributed by atoms with E-state index in [9.17, 15) is 4.79 Å². The number of hydrogen-bond acceptors (Lipinski definition) is 3. The first kappa shape index (κ1) is 9.68. The Hall–Kier alpha value is -0.870. The van der Waals surface area contributed by atoms with Crippen molar-refractivity contribution in [2.24, 2.45) is 5.92 Å². The molecular weight excluding hydrogens is 196 g/mol. The largest absolute Gasteiger partial charge is 0.352 e. The lowest BCUT2D eigenvalue weighted by atomic mass is 9.99. The third kappa shape index (κ3) is 2.56. The number of rotatable bonds is 4. The molecule has 0 saturated carbocycles. The van der Waals surface area contributed by atoms with Crippen LogP contribution >= 0.6 is 11.3 Å². The van der Waals surface area contributed by atoms with E-state index < -0.39 is 0 Å². The summed E-state index contributed by atoms with van der Waals surface area (Å²) in [4.78, 5) is 11.4. The average Bonchev–Trinajstić information content (AvgIpc) is 2.60. The molecule has 1 amide bonds. The topological polar surface area (TPSA) is 41.1 Å². The van der Waals surface area contributed by atoms with E-state index >= 15 is 0 Å². The van der Waals surface area contributed by atoms with Crippen LogP contribution in [0.15, 0.2) is 16.8 Å². The summed E-state index contributed by atoms with van der Waals surface area (Å²) in [6.45, 7) is 2.65. The summed E-state index contributed by atoms with van der Waals surface area (Å²) in [6.07, 6.45) is 0.664. The van der Waals surface area contributed by atoms with Gasteiger partial charge in [0.05, 0.1) is 0 Å². The second kappa shape index (κ2) is 4.57. The molecule has 1 saturated heterocycles. The maximum atomic E-state index is 11.4. The lowest BCUT2D eigenvalue weighted by molar-refractivity contribution is -0.122. The maximum Gasteiger partial charge on any atom is 0.220 e. The summed E-state index contributed by atoms with van der Waals surface area (Å²) in [5, 5.41) is 10.2. The number of carbonyl (C=O) groups is 1. The minimum absolute atomic E-state index is 0.169. The van der Waals surface area contributed by atoms with Gasteiger partial charge in [0.25, 0.3) is 0 Å². The molecule has 1 aliphatic rings. The number of carbonyl (C=O) groups excluding carboxylic acids is 1. The second-order valence-corrected chi connectivity index (χ2v) is 4.42. The lowest BCUT2D eigenvalue weighted by Gasteiger charge is -2.26. The molecule has 3 nitrogen and oxygen atoms in total. The Morgan fingerprint density at radius 1 is 1.64 bits per heavy atom. The normalized spacial score (nSPS) is 16.3. The first-order valence-corrected chi connectivity index (χ1v) is 5.77. The minimum atomic E-state index is 0.169. The SMILES string of the molecule is O=C(CC1CNC1)NCc1ccsc1. The fourth-order valence-corrected chi connectivity index (χ4v) is 2.09. The molecule has 14 heavy (non-hydrogen) atoms. The van der Waals surface area contributed by atoms with Crippen molar-refractivity contribution in [3.8, 4) is 0 Å². The lowest BCUT2D eigenvalue weighted by Crippen LogP contribution is -2.44. The van der Waals surface area contributed by atoms with Crippen molar-refractivity contribution in [2.75, 3.05) is 13.1 Å². The molecule has 1 aliphatic heterocycles. The van der Waals surface area contributed by atoms with Gasteiger partial charge in [-0.3, -0.25) is 4.79 Å². The van der Waals surface area contributed by atoms with Gasteiger partial charge in [0.2, 0.25) is 5.91 Å². The number of thiophene rings is 1. The van der Waals surface area contributed by atoms with Crippen molar-refractivity contribution in [3.05, 3.63) is 22.4 Å². The van der Waals surface area contributed by atoms with E-state index in [0.717, 1.165) is 13.1 Å². The van der Waals surface area contributed by atoms with Crippen LogP contribution in [0.3, 0.4) is 0 Å². The zero-order chi connectivity index (χ0) is 9.80. The van der Waals surface area contributed by atoms with Crippen molar-refractivity contribution < 1.29 is 4.79 Å². The van der Waals surface area contributed by atoms with Crippen LogP contribution in [-0.2, 0) is 11.3 Å². The molecule has 1 fully saturated rings. The smallest absolute Gasteiger partial charge is 0.220 e. The molecule has 1 aromatic heterocycles. The Labute approximate surface area is 87.5 Å². The predicted octanol–water partition coefficient (Wildman–Crippen LogP) is 0.974. The highest BCUT2D eigenvalue weighted by Crippen LogP contribution is 2.09. The first-order chi connectivity index (χ1) is 6.84. The molecule has 0 radical (unpaired) electrons. The summed E-state index contributed by atoms with van der Waals surface area (Å²) >= 11 is 1.66. The van der Waals surface area contributed by atoms with Gasteiger partial charge in [-0.25, -0.2) is 0 Å². The van der Waals surface area contributed by atoms with E-state index in [1.807, 2.05) is 11.4 Å². The van der Waals surface area contributed by atoms with Gasteiger partial charge in [-0.15, -0.1) is 0 Å². The first-order valence-electron chi connectivity index (χ1n) is 4.83. The van der Waals surface area contributed by atoms with Crippen molar-refractivity contribution in [1.82, 2.24) is 10.6 Å². The standard InChI is InChI=1S/C10H14N2OS/c13-10(3-9-4-11-5-9)12-6-8-1-2-14-7-8/h1-2,7,9,11H,3-6H2,(H,12,13). The molecule has 2 N–H and O–H groups in total. The van der Waals surface area contributed by atoms with Gasteiger partial charge in [0, 0.05) is 13.0 Å². The number of nitrogens with one attached hydrogen (secondary N) is 2. The molecule has 2 heterocycles. The van der Waals surface area contributed by atoms with Crippen LogP contribution in [0.2, 0.25) is 0 Å². The van der Waals surface area contributed by atoms with E-state index in [4.69, 9.17) is 0 Å². The minimum Gasteiger partial charge on any atom is -0.352 e. The second-order valence-electron chi connectivity index (χ2n) is 3.64. The molecule has 0 aromatic carbocycles. The van der Waals surface area contributed by atoms with Gasteiger partial charge >= 0.3 is 0 Å². The van der Waals surface area contributed by atoms with Gasteiger partial charge < -0.3 is 10.6 Å². The zero-order valence-electron chi connectivity index (χ0n) is 7.95. The van der Waals surface area contributed by atoms with E-state index in [0.29, 0.717) is 18.9 Å². The quantitative estimate of drug-likeness (QED) is 0.777. The van der Waals surface area contributed by atoms with Gasteiger partial charge in [-0.2, -0.15) is 11.3 Å². The molecule has 0 aliphatic carbocycles. The predicted molar refractivity (Wildman–Crippen MR) is 57.1 cm³/mol. The van der Waals surface area contributed by atoms with Crippen LogP contribution in [0, 0.1) is 5.92 Å². The summed E-state index contributed by atoms with van der Waals surface area (Å²) in [6, 6.07) is 2.04. The summed E-state index contributed by atoms with van der Waals surface area (Å²) in [7, 11) is 0. The highest BCUT2D eigenvalue weighted by atomic mass is 32.1. The molecule has 0 bridgehead atoms. The Kier molecular flexibility index (Phi) is 3.16. The molecule has 0 spiro atoms. The highest BCUT2D eigenvalue weighted by Gasteiger charge is 2.19. The summed E-state index contributed by atoms with van der Waals surface area (Å²) in [5.41, 5.74) is 1.19. The Balaban J connectivity index is 1.67. The van der Waals surface area contributed by atoms with Crippen LogP contribution in [0.4, 0.5) is 0 Å². The highest BCUT2D eigenvalue weighted by molar-refractivity contribution is 7.07. The van der Waals surface area contributed by atoms with Crippen LogP contribution in [0.1, 0.15) is 12.0 Å². The monoisotopic (exact) mass is 210 g/mol. The van der Waals surface area contributed by atoms with Crippen LogP contribution < -0.4 is 10.6 Å². The van der Waals surface area contributed by atoms with Crippen molar-refractivity contribution in [2.45, 2.75) is 13.0 Å².